The molecule has 0 aliphatic heterocycles. The SMILES string of the molecule is CCOc1ccc(C(=O)Nc2ccc(NC(=O)c3ccco3)cc2)cc1OCC. The molecule has 7 nitrogen and oxygen atoms in total. The molecule has 0 aliphatic rings. The lowest BCUT2D eigenvalue weighted by Gasteiger charge is -2.12. The first-order chi connectivity index (χ1) is 14.1. The molecule has 0 spiro atoms. The molecule has 29 heavy (non-hydrogen) atoms. The van der Waals surface area contributed by atoms with Gasteiger partial charge < -0.3 is 24.5 Å². The second-order valence-corrected chi connectivity index (χ2v) is 5.99. The Hall–Kier alpha value is -3.74. The minimum Gasteiger partial charge on any atom is -0.490 e. The van der Waals surface area contributed by atoms with Crippen LogP contribution in [0.15, 0.2) is 65.3 Å². The summed E-state index contributed by atoms with van der Waals surface area (Å²) in [6, 6.07) is 15.1. The van der Waals surface area contributed by atoms with Crippen LogP contribution in [0.3, 0.4) is 0 Å². The zero-order chi connectivity index (χ0) is 20.6. The van der Waals surface area contributed by atoms with Crippen LogP contribution in [0.2, 0.25) is 0 Å². The van der Waals surface area contributed by atoms with Gasteiger partial charge in [-0.1, -0.05) is 0 Å². The predicted octanol–water partition coefficient (Wildman–Crippen LogP) is 4.58. The van der Waals surface area contributed by atoms with E-state index in [1.165, 1.54) is 6.26 Å². The van der Waals surface area contributed by atoms with Crippen molar-refractivity contribution in [3.63, 3.8) is 0 Å². The van der Waals surface area contributed by atoms with E-state index in [4.69, 9.17) is 13.9 Å². The van der Waals surface area contributed by atoms with Crippen molar-refractivity contribution in [2.24, 2.45) is 0 Å². The van der Waals surface area contributed by atoms with Crippen LogP contribution in [0.4, 0.5) is 11.4 Å². The zero-order valence-electron chi connectivity index (χ0n) is 16.2. The van der Waals surface area contributed by atoms with E-state index in [9.17, 15) is 9.59 Å². The van der Waals surface area contributed by atoms with Gasteiger partial charge >= 0.3 is 0 Å². The molecule has 0 saturated carbocycles. The fourth-order valence-corrected chi connectivity index (χ4v) is 2.63. The number of benzene rings is 2. The van der Waals surface area contributed by atoms with Gasteiger partial charge in [0.2, 0.25) is 0 Å². The van der Waals surface area contributed by atoms with Crippen LogP contribution < -0.4 is 20.1 Å². The highest BCUT2D eigenvalue weighted by Gasteiger charge is 2.12. The molecule has 2 N–H and O–H groups in total. The lowest BCUT2D eigenvalue weighted by atomic mass is 10.1. The smallest absolute Gasteiger partial charge is 0.291 e. The maximum atomic E-state index is 12.6. The average Bonchev–Trinajstić information content (AvgIpc) is 3.26. The predicted molar refractivity (Wildman–Crippen MR) is 110 cm³/mol. The summed E-state index contributed by atoms with van der Waals surface area (Å²) in [7, 11) is 0. The molecule has 0 saturated heterocycles. The summed E-state index contributed by atoms with van der Waals surface area (Å²) in [5, 5.41) is 5.54. The highest BCUT2D eigenvalue weighted by atomic mass is 16.5. The molecule has 1 aromatic heterocycles. The van der Waals surface area contributed by atoms with Crippen molar-refractivity contribution in [3.05, 3.63) is 72.2 Å². The fourth-order valence-electron chi connectivity index (χ4n) is 2.63. The Balaban J connectivity index is 1.66. The number of carbonyl (C=O) groups excluding carboxylic acids is 2. The third-order valence-corrected chi connectivity index (χ3v) is 3.95. The van der Waals surface area contributed by atoms with E-state index >= 15 is 0 Å². The van der Waals surface area contributed by atoms with Crippen LogP contribution in [-0.2, 0) is 0 Å². The number of rotatable bonds is 8. The Morgan fingerprint density at radius 2 is 1.45 bits per heavy atom. The Morgan fingerprint density at radius 1 is 0.828 bits per heavy atom. The zero-order valence-corrected chi connectivity index (χ0v) is 16.2. The van der Waals surface area contributed by atoms with Gasteiger partial charge in [-0.05, 0) is 68.4 Å². The van der Waals surface area contributed by atoms with Gasteiger partial charge in [0, 0.05) is 16.9 Å². The number of anilines is 2. The molecule has 2 amide bonds. The van der Waals surface area contributed by atoms with E-state index < -0.39 is 0 Å². The minimum atomic E-state index is -0.343. The Morgan fingerprint density at radius 3 is 2.03 bits per heavy atom. The highest BCUT2D eigenvalue weighted by Crippen LogP contribution is 2.29. The second kappa shape index (κ2) is 9.45. The van der Waals surface area contributed by atoms with Crippen molar-refractivity contribution in [3.8, 4) is 11.5 Å². The van der Waals surface area contributed by atoms with Crippen molar-refractivity contribution < 1.29 is 23.5 Å². The number of hydrogen-bond donors (Lipinski definition) is 2. The van der Waals surface area contributed by atoms with Gasteiger partial charge in [-0.25, -0.2) is 0 Å². The first-order valence-electron chi connectivity index (χ1n) is 9.26. The molecule has 0 unspecified atom stereocenters. The first-order valence-corrected chi connectivity index (χ1v) is 9.26. The molecule has 150 valence electrons. The number of hydrogen-bond acceptors (Lipinski definition) is 5. The summed E-state index contributed by atoms with van der Waals surface area (Å²) in [6.07, 6.45) is 1.44. The van der Waals surface area contributed by atoms with Crippen molar-refractivity contribution in [1.29, 1.82) is 0 Å². The maximum Gasteiger partial charge on any atom is 0.291 e. The number of carbonyl (C=O) groups is 2. The van der Waals surface area contributed by atoms with Crippen molar-refractivity contribution in [2.45, 2.75) is 13.8 Å². The monoisotopic (exact) mass is 394 g/mol. The summed E-state index contributed by atoms with van der Waals surface area (Å²) in [5.41, 5.74) is 1.63. The molecule has 0 aliphatic carbocycles. The number of nitrogens with one attached hydrogen (secondary N) is 2. The van der Waals surface area contributed by atoms with Gasteiger partial charge in [-0.15, -0.1) is 0 Å². The fraction of sp³-hybridized carbons (Fsp3) is 0.182. The Kier molecular flexibility index (Phi) is 6.52. The summed E-state index contributed by atoms with van der Waals surface area (Å²) in [5.74, 6) is 0.731. The summed E-state index contributed by atoms with van der Waals surface area (Å²) in [6.45, 7) is 4.73. The van der Waals surface area contributed by atoms with Gasteiger partial charge in [0.15, 0.2) is 17.3 Å². The van der Waals surface area contributed by atoms with E-state index in [0.717, 1.165) is 0 Å². The number of furan rings is 1. The Bertz CT molecular complexity index is 965. The molecule has 1 heterocycles. The van der Waals surface area contributed by atoms with Gasteiger partial charge in [0.25, 0.3) is 11.8 Å². The minimum absolute atomic E-state index is 0.225. The molecular formula is C22H22N2O5. The maximum absolute atomic E-state index is 12.6. The number of amides is 2. The largest absolute Gasteiger partial charge is 0.490 e. The van der Waals surface area contributed by atoms with Crippen molar-refractivity contribution in [2.75, 3.05) is 23.8 Å². The first kappa shape index (κ1) is 20.0. The van der Waals surface area contributed by atoms with Crippen LogP contribution in [0.5, 0.6) is 11.5 Å². The van der Waals surface area contributed by atoms with E-state index in [-0.39, 0.29) is 17.6 Å². The molecule has 0 fully saturated rings. The summed E-state index contributed by atoms with van der Waals surface area (Å²) < 4.78 is 16.1. The van der Waals surface area contributed by atoms with Crippen LogP contribution in [-0.4, -0.2) is 25.0 Å². The van der Waals surface area contributed by atoms with Crippen LogP contribution in [0.1, 0.15) is 34.8 Å². The average molecular weight is 394 g/mol. The second-order valence-electron chi connectivity index (χ2n) is 5.99. The molecule has 3 rings (SSSR count). The van der Waals surface area contributed by atoms with Crippen LogP contribution in [0.25, 0.3) is 0 Å². The van der Waals surface area contributed by atoms with Gasteiger partial charge in [-0.2, -0.15) is 0 Å². The van der Waals surface area contributed by atoms with Gasteiger partial charge in [-0.3, -0.25) is 9.59 Å². The van der Waals surface area contributed by atoms with Crippen molar-refractivity contribution in [1.82, 2.24) is 0 Å². The lowest BCUT2D eigenvalue weighted by Crippen LogP contribution is -2.13. The molecule has 0 bridgehead atoms. The van der Waals surface area contributed by atoms with Crippen LogP contribution >= 0.6 is 0 Å². The van der Waals surface area contributed by atoms with E-state index in [2.05, 4.69) is 10.6 Å². The third-order valence-electron chi connectivity index (χ3n) is 3.95. The molecular weight excluding hydrogens is 372 g/mol. The van der Waals surface area contributed by atoms with E-state index in [1.54, 1.807) is 54.6 Å². The van der Waals surface area contributed by atoms with E-state index in [0.29, 0.717) is 41.7 Å². The van der Waals surface area contributed by atoms with Gasteiger partial charge in [0.1, 0.15) is 0 Å². The van der Waals surface area contributed by atoms with E-state index in [1.807, 2.05) is 13.8 Å². The van der Waals surface area contributed by atoms with Crippen LogP contribution in [0, 0.1) is 0 Å². The third kappa shape index (κ3) is 5.16. The van der Waals surface area contributed by atoms with Crippen molar-refractivity contribution >= 4 is 23.2 Å². The quantitative estimate of drug-likeness (QED) is 0.584. The van der Waals surface area contributed by atoms with Gasteiger partial charge in [0.05, 0.1) is 19.5 Å². The Labute approximate surface area is 168 Å². The molecule has 7 heteroatoms. The molecule has 0 radical (unpaired) electrons. The summed E-state index contributed by atoms with van der Waals surface area (Å²) in [4.78, 5) is 24.6. The topological polar surface area (TPSA) is 89.8 Å². The number of ether oxygens (including phenoxy) is 2. The molecule has 2 aromatic carbocycles. The lowest BCUT2D eigenvalue weighted by molar-refractivity contribution is 0.0994. The highest BCUT2D eigenvalue weighted by molar-refractivity contribution is 6.05. The molecule has 0 atom stereocenters. The standard InChI is InChI=1S/C22H22N2O5/c1-3-27-18-12-7-15(14-20(18)28-4-2)21(25)23-16-8-10-17(11-9-16)24-22(26)19-6-5-13-29-19/h5-14H,3-4H2,1-2H3,(H,23,25)(H,24,26). The summed E-state index contributed by atoms with van der Waals surface area (Å²) >= 11 is 0. The molecule has 3 aromatic rings. The normalized spacial score (nSPS) is 10.3.